The highest BCUT2D eigenvalue weighted by Gasteiger charge is 2.64. The van der Waals surface area contributed by atoms with Gasteiger partial charge >= 0.3 is 0 Å². The van der Waals surface area contributed by atoms with Crippen molar-refractivity contribution in [3.63, 3.8) is 0 Å². The molecule has 1 aliphatic heterocycles. The lowest BCUT2D eigenvalue weighted by Crippen LogP contribution is -2.58. The van der Waals surface area contributed by atoms with Crippen LogP contribution in [-0.4, -0.2) is 33.1 Å². The van der Waals surface area contributed by atoms with E-state index in [1.165, 1.54) is 16.7 Å². The highest BCUT2D eigenvalue weighted by Crippen LogP contribution is 2.60. The first-order valence-corrected chi connectivity index (χ1v) is 10.5. The van der Waals surface area contributed by atoms with Crippen LogP contribution in [0.4, 0.5) is 0 Å². The zero-order valence-electron chi connectivity index (χ0n) is 15.5. The molecule has 3 rings (SSSR count). The molecule has 2 atom stereocenters. The van der Waals surface area contributed by atoms with Crippen LogP contribution in [0, 0.1) is 16.7 Å². The minimum absolute atomic E-state index is 0.0881. The van der Waals surface area contributed by atoms with Crippen molar-refractivity contribution in [1.29, 1.82) is 0 Å². The van der Waals surface area contributed by atoms with Gasteiger partial charge in [0.05, 0.1) is 17.5 Å². The lowest BCUT2D eigenvalue weighted by molar-refractivity contribution is -0.166. The van der Waals surface area contributed by atoms with Gasteiger partial charge in [0.2, 0.25) is 11.8 Å². The Bertz CT molecular complexity index is 827. The third-order valence-corrected chi connectivity index (χ3v) is 7.63. The number of likely N-dealkylation sites (tertiary alicyclic amines) is 1. The van der Waals surface area contributed by atoms with Crippen molar-refractivity contribution < 1.29 is 9.59 Å². The third-order valence-electron chi connectivity index (χ3n) is 6.10. The van der Waals surface area contributed by atoms with Crippen molar-refractivity contribution in [1.82, 2.24) is 10.3 Å². The molecule has 0 spiro atoms. The smallest absolute Gasteiger partial charge is 0.236 e. The summed E-state index contributed by atoms with van der Waals surface area (Å²) in [5.41, 5.74) is 2.72. The number of hydrogen-bond donors (Lipinski definition) is 1. The summed E-state index contributed by atoms with van der Waals surface area (Å²) < 4.78 is 0.390. The number of nitrogens with zero attached hydrogens (tertiary/aromatic N) is 2. The van der Waals surface area contributed by atoms with Crippen molar-refractivity contribution in [3.05, 3.63) is 34.9 Å². The van der Waals surface area contributed by atoms with E-state index in [4.69, 9.17) is 23.8 Å². The molecule has 1 aliphatic carbocycles. The summed E-state index contributed by atoms with van der Waals surface area (Å²) >= 11 is 12.5. The molecule has 1 heterocycles. The summed E-state index contributed by atoms with van der Waals surface area (Å²) in [5.74, 6) is -0.0932. The molecule has 5 nitrogen and oxygen atoms in total. The van der Waals surface area contributed by atoms with Crippen LogP contribution in [0.1, 0.15) is 39.2 Å². The molecule has 27 heavy (non-hydrogen) atoms. The maximum Gasteiger partial charge on any atom is 0.236 e. The number of thioether (sulfide) groups is 1. The number of amides is 2. The first kappa shape index (κ1) is 20.3. The quantitative estimate of drug-likeness (QED) is 0.342. The van der Waals surface area contributed by atoms with Gasteiger partial charge in [-0.05, 0) is 24.3 Å². The van der Waals surface area contributed by atoms with Gasteiger partial charge in [0.1, 0.15) is 0 Å². The highest BCUT2D eigenvalue weighted by molar-refractivity contribution is 8.22. The van der Waals surface area contributed by atoms with Gasteiger partial charge in [-0.2, -0.15) is 5.10 Å². The summed E-state index contributed by atoms with van der Waals surface area (Å²) in [4.78, 5) is 27.1. The number of rotatable bonds is 4. The molecule has 1 saturated carbocycles. The fourth-order valence-corrected chi connectivity index (χ4v) is 4.92. The van der Waals surface area contributed by atoms with Gasteiger partial charge in [0, 0.05) is 16.5 Å². The molecule has 0 radical (unpaired) electrons. The molecular weight excluding hydrogens is 402 g/mol. The Balaban J connectivity index is 1.59. The van der Waals surface area contributed by atoms with Crippen molar-refractivity contribution >= 4 is 57.9 Å². The van der Waals surface area contributed by atoms with Crippen LogP contribution in [0.25, 0.3) is 0 Å². The number of thiocarbonyl (C=S) groups is 1. The lowest BCUT2D eigenvalue weighted by atomic mass is 9.62. The molecule has 0 unspecified atom stereocenters. The summed E-state index contributed by atoms with van der Waals surface area (Å²) in [7, 11) is 0. The van der Waals surface area contributed by atoms with E-state index in [1.807, 2.05) is 39.0 Å². The Morgan fingerprint density at radius 2 is 2.11 bits per heavy atom. The van der Waals surface area contributed by atoms with Crippen molar-refractivity contribution in [2.24, 2.45) is 21.8 Å². The number of piperidine rings is 1. The van der Waals surface area contributed by atoms with Gasteiger partial charge in [0.15, 0.2) is 4.32 Å². The zero-order chi connectivity index (χ0) is 19.8. The lowest BCUT2D eigenvalue weighted by Gasteiger charge is -2.47. The number of carbonyl (C=O) groups is 2. The molecule has 8 heteroatoms. The van der Waals surface area contributed by atoms with Crippen LogP contribution in [-0.2, 0) is 9.59 Å². The van der Waals surface area contributed by atoms with Gasteiger partial charge in [-0.25, -0.2) is 0 Å². The molecule has 1 aromatic rings. The normalized spacial score (nSPS) is 26.7. The second kappa shape index (κ2) is 7.53. The van der Waals surface area contributed by atoms with E-state index in [0.717, 1.165) is 18.4 Å². The van der Waals surface area contributed by atoms with Gasteiger partial charge in [-0.15, -0.1) is 0 Å². The molecule has 1 aromatic carbocycles. The van der Waals surface area contributed by atoms with E-state index < -0.39 is 5.41 Å². The summed E-state index contributed by atoms with van der Waals surface area (Å²) in [6.45, 7) is 6.03. The Labute approximate surface area is 173 Å². The predicted octanol–water partition coefficient (Wildman–Crippen LogP) is 4.05. The monoisotopic (exact) mass is 423 g/mol. The van der Waals surface area contributed by atoms with Crippen molar-refractivity contribution in [2.45, 2.75) is 33.6 Å². The molecule has 1 N–H and O–H groups in total. The van der Waals surface area contributed by atoms with E-state index >= 15 is 0 Å². The predicted molar refractivity (Wildman–Crippen MR) is 114 cm³/mol. The van der Waals surface area contributed by atoms with E-state index in [0.29, 0.717) is 9.34 Å². The average Bonchev–Trinajstić information content (AvgIpc) is 2.80. The number of nitrogens with one attached hydrogen (secondary N) is 1. The second-order valence-electron chi connectivity index (χ2n) is 7.67. The van der Waals surface area contributed by atoms with Gasteiger partial charge in [-0.1, -0.05) is 74.6 Å². The zero-order valence-corrected chi connectivity index (χ0v) is 17.9. The molecule has 1 saturated heterocycles. The first-order valence-electron chi connectivity index (χ1n) is 8.74. The van der Waals surface area contributed by atoms with Crippen LogP contribution in [0.2, 0.25) is 5.02 Å². The number of hydrogen-bond acceptors (Lipinski definition) is 5. The molecule has 2 fully saturated rings. The topological polar surface area (TPSA) is 61.8 Å². The minimum Gasteiger partial charge on any atom is -0.274 e. The van der Waals surface area contributed by atoms with Crippen LogP contribution in [0.3, 0.4) is 0 Å². The molecule has 0 aromatic heterocycles. The molecule has 2 aliphatic rings. The molecule has 144 valence electrons. The van der Waals surface area contributed by atoms with Crippen LogP contribution in [0.15, 0.2) is 29.4 Å². The number of halogens is 1. The Kier molecular flexibility index (Phi) is 5.66. The largest absolute Gasteiger partial charge is 0.274 e. The van der Waals surface area contributed by atoms with Crippen LogP contribution < -0.4 is 5.43 Å². The fourth-order valence-electron chi connectivity index (χ4n) is 3.91. The van der Waals surface area contributed by atoms with Gasteiger partial charge < -0.3 is 0 Å². The van der Waals surface area contributed by atoms with Crippen molar-refractivity contribution in [3.8, 4) is 0 Å². The maximum atomic E-state index is 13.0. The number of carbonyl (C=O) groups excluding carboxylic acids is 2. The summed E-state index contributed by atoms with van der Waals surface area (Å²) in [6.07, 6.45) is 3.09. The van der Waals surface area contributed by atoms with E-state index in [1.54, 1.807) is 12.3 Å². The maximum absolute atomic E-state index is 13.0. The highest BCUT2D eigenvalue weighted by atomic mass is 35.5. The molecular formula is C19H22ClN3O2S2. The SMILES string of the molecule is CC1(C)[C@H]2CC[C@]1(C)C(=O)N(CSC(=S)N/N=C/c1ccccc1Cl)C2=O. The standard InChI is InChI=1S/C19H22ClN3O2S2/c1-18(2)13-8-9-19(18,3)16(25)23(15(13)24)11-27-17(26)22-21-10-12-6-4-5-7-14(12)20/h4-7,10,13H,8-9,11H2,1-3H3,(H,22,26)/b21-10+/t13-,19+/m0/s1. The number of hydrazone groups is 1. The van der Waals surface area contributed by atoms with E-state index in [9.17, 15) is 9.59 Å². The molecule has 2 bridgehead atoms. The number of fused-ring (bicyclic) bond motifs is 2. The average molecular weight is 424 g/mol. The number of benzene rings is 1. The Hall–Kier alpha value is -1.44. The second-order valence-corrected chi connectivity index (χ2v) is 9.70. The Morgan fingerprint density at radius 1 is 1.41 bits per heavy atom. The number of imide groups is 1. The molecule has 2 amide bonds. The van der Waals surface area contributed by atoms with Crippen molar-refractivity contribution in [2.75, 3.05) is 5.88 Å². The van der Waals surface area contributed by atoms with E-state index in [2.05, 4.69) is 10.5 Å². The third kappa shape index (κ3) is 3.52. The Morgan fingerprint density at radius 3 is 2.81 bits per heavy atom. The minimum atomic E-state index is -0.497. The fraction of sp³-hybridized carbons (Fsp3) is 0.474. The van der Waals surface area contributed by atoms with Gasteiger partial charge in [-0.3, -0.25) is 19.9 Å². The first-order chi connectivity index (χ1) is 12.7. The summed E-state index contributed by atoms with van der Waals surface area (Å²) in [6, 6.07) is 7.33. The van der Waals surface area contributed by atoms with Crippen LogP contribution in [0.5, 0.6) is 0 Å². The summed E-state index contributed by atoms with van der Waals surface area (Å²) in [5, 5.41) is 4.67. The van der Waals surface area contributed by atoms with E-state index in [-0.39, 0.29) is 29.0 Å². The van der Waals surface area contributed by atoms with Gasteiger partial charge in [0.25, 0.3) is 0 Å². The van der Waals surface area contributed by atoms with Crippen LogP contribution >= 0.6 is 35.6 Å².